The summed E-state index contributed by atoms with van der Waals surface area (Å²) in [6.07, 6.45) is 1.84. The van der Waals surface area contributed by atoms with Crippen molar-refractivity contribution in [2.45, 2.75) is 6.92 Å². The third kappa shape index (κ3) is 1.33. The fraction of sp³-hybridized carbons (Fsp3) is 0.0667. The second kappa shape index (κ2) is 3.53. The Hall–Kier alpha value is -2.02. The van der Waals surface area contributed by atoms with Crippen molar-refractivity contribution in [1.82, 2.24) is 0 Å². The third-order valence-electron chi connectivity index (χ3n) is 2.92. The fourth-order valence-corrected chi connectivity index (χ4v) is 2.06. The van der Waals surface area contributed by atoms with E-state index in [9.17, 15) is 0 Å². The van der Waals surface area contributed by atoms with Crippen molar-refractivity contribution >= 4 is 11.0 Å². The molecule has 2 aromatic carbocycles. The van der Waals surface area contributed by atoms with Gasteiger partial charge in [-0.25, -0.2) is 0 Å². The zero-order chi connectivity index (χ0) is 11.0. The molecule has 0 aliphatic carbocycles. The monoisotopic (exact) mass is 208 g/mol. The van der Waals surface area contributed by atoms with Crippen LogP contribution in [0.5, 0.6) is 0 Å². The van der Waals surface area contributed by atoms with E-state index >= 15 is 0 Å². The van der Waals surface area contributed by atoms with E-state index in [2.05, 4.69) is 37.3 Å². The minimum atomic E-state index is 0.945. The number of benzene rings is 2. The molecule has 1 heteroatoms. The molecule has 0 saturated carbocycles. The Kier molecular flexibility index (Phi) is 2.03. The quantitative estimate of drug-likeness (QED) is 0.577. The van der Waals surface area contributed by atoms with Gasteiger partial charge in [0.2, 0.25) is 0 Å². The van der Waals surface area contributed by atoms with Crippen molar-refractivity contribution in [3.05, 3.63) is 60.4 Å². The summed E-state index contributed by atoms with van der Waals surface area (Å²) >= 11 is 0. The van der Waals surface area contributed by atoms with Crippen LogP contribution in [0.2, 0.25) is 0 Å². The lowest BCUT2D eigenvalue weighted by Gasteiger charge is -2.02. The van der Waals surface area contributed by atoms with Crippen LogP contribution in [0.1, 0.15) is 5.56 Å². The molecule has 1 nitrogen and oxygen atoms in total. The summed E-state index contributed by atoms with van der Waals surface area (Å²) < 4.78 is 5.56. The molecular formula is C15H12O. The number of aryl methyl sites for hydroxylation is 1. The van der Waals surface area contributed by atoms with Crippen LogP contribution >= 0.6 is 0 Å². The van der Waals surface area contributed by atoms with E-state index in [4.69, 9.17) is 4.42 Å². The molecule has 0 fully saturated rings. The minimum absolute atomic E-state index is 0.945. The summed E-state index contributed by atoms with van der Waals surface area (Å²) in [6.45, 7) is 2.12. The van der Waals surface area contributed by atoms with Gasteiger partial charge in [0.05, 0.1) is 6.26 Å². The van der Waals surface area contributed by atoms with Crippen LogP contribution in [-0.4, -0.2) is 0 Å². The second-order valence-corrected chi connectivity index (χ2v) is 3.96. The lowest BCUT2D eigenvalue weighted by molar-refractivity contribution is 0.617. The number of para-hydroxylation sites is 1. The molecule has 16 heavy (non-hydrogen) atoms. The molecule has 0 atom stereocenters. The zero-order valence-corrected chi connectivity index (χ0v) is 9.10. The third-order valence-corrected chi connectivity index (χ3v) is 2.92. The lowest BCUT2D eigenvalue weighted by Crippen LogP contribution is -1.80. The van der Waals surface area contributed by atoms with Crippen molar-refractivity contribution < 1.29 is 4.42 Å². The van der Waals surface area contributed by atoms with Gasteiger partial charge in [-0.3, -0.25) is 0 Å². The van der Waals surface area contributed by atoms with Crippen molar-refractivity contribution in [2.24, 2.45) is 0 Å². The molecule has 1 heterocycles. The van der Waals surface area contributed by atoms with Gasteiger partial charge < -0.3 is 4.42 Å². The van der Waals surface area contributed by atoms with Crippen LogP contribution < -0.4 is 0 Å². The van der Waals surface area contributed by atoms with Crippen LogP contribution in [0, 0.1) is 6.92 Å². The van der Waals surface area contributed by atoms with Gasteiger partial charge in [0.15, 0.2) is 0 Å². The zero-order valence-electron chi connectivity index (χ0n) is 9.10. The highest BCUT2D eigenvalue weighted by Crippen LogP contribution is 2.31. The molecule has 1 aromatic heterocycles. The predicted molar refractivity (Wildman–Crippen MR) is 66.4 cm³/mol. The normalized spacial score (nSPS) is 10.8. The molecule has 0 radical (unpaired) electrons. The number of fused-ring (bicyclic) bond motifs is 1. The van der Waals surface area contributed by atoms with Gasteiger partial charge in [-0.15, -0.1) is 0 Å². The predicted octanol–water partition coefficient (Wildman–Crippen LogP) is 4.41. The molecule has 3 aromatic rings. The first-order valence-corrected chi connectivity index (χ1v) is 5.38. The number of hydrogen-bond acceptors (Lipinski definition) is 1. The van der Waals surface area contributed by atoms with Crippen molar-refractivity contribution in [1.29, 1.82) is 0 Å². The molecule has 0 amide bonds. The highest BCUT2D eigenvalue weighted by atomic mass is 16.3. The number of rotatable bonds is 1. The smallest absolute Gasteiger partial charge is 0.134 e. The molecule has 0 spiro atoms. The van der Waals surface area contributed by atoms with Crippen LogP contribution in [0.3, 0.4) is 0 Å². The summed E-state index contributed by atoms with van der Waals surface area (Å²) in [5, 5.41) is 1.18. The van der Waals surface area contributed by atoms with Crippen LogP contribution in [-0.2, 0) is 0 Å². The Morgan fingerprint density at radius 3 is 2.44 bits per heavy atom. The molecule has 78 valence electrons. The standard InChI is InChI=1S/C15H12O/c1-11-6-2-3-7-12(11)14-10-16-15-9-5-4-8-13(14)15/h2-10H,1H3. The SMILES string of the molecule is Cc1ccccc1-c1coc2ccccc12. The first-order chi connectivity index (χ1) is 7.86. The van der Waals surface area contributed by atoms with Crippen LogP contribution in [0.15, 0.2) is 59.2 Å². The fourth-order valence-electron chi connectivity index (χ4n) is 2.06. The van der Waals surface area contributed by atoms with Gasteiger partial charge in [-0.1, -0.05) is 42.5 Å². The molecular weight excluding hydrogens is 196 g/mol. The summed E-state index contributed by atoms with van der Waals surface area (Å²) in [7, 11) is 0. The average Bonchev–Trinajstić information content (AvgIpc) is 2.74. The van der Waals surface area contributed by atoms with Crippen molar-refractivity contribution in [2.75, 3.05) is 0 Å². The van der Waals surface area contributed by atoms with E-state index in [0.717, 1.165) is 5.58 Å². The maximum Gasteiger partial charge on any atom is 0.134 e. The van der Waals surface area contributed by atoms with E-state index in [1.165, 1.54) is 22.1 Å². The van der Waals surface area contributed by atoms with Gasteiger partial charge in [0, 0.05) is 10.9 Å². The van der Waals surface area contributed by atoms with Crippen LogP contribution in [0.25, 0.3) is 22.1 Å². The van der Waals surface area contributed by atoms with E-state index in [-0.39, 0.29) is 0 Å². The summed E-state index contributed by atoms with van der Waals surface area (Å²) in [4.78, 5) is 0. The minimum Gasteiger partial charge on any atom is -0.464 e. The highest BCUT2D eigenvalue weighted by Gasteiger charge is 2.08. The first kappa shape index (κ1) is 9.22. The maximum atomic E-state index is 5.56. The largest absolute Gasteiger partial charge is 0.464 e. The molecule has 0 N–H and O–H groups in total. The van der Waals surface area contributed by atoms with Gasteiger partial charge in [0.1, 0.15) is 5.58 Å². The topological polar surface area (TPSA) is 13.1 Å². The molecule has 0 saturated heterocycles. The van der Waals surface area contributed by atoms with Crippen molar-refractivity contribution in [3.8, 4) is 11.1 Å². The summed E-state index contributed by atoms with van der Waals surface area (Å²) in [5.74, 6) is 0. The lowest BCUT2D eigenvalue weighted by atomic mass is 10.0. The Morgan fingerprint density at radius 1 is 0.812 bits per heavy atom. The summed E-state index contributed by atoms with van der Waals surface area (Å²) in [5.41, 5.74) is 4.64. The second-order valence-electron chi connectivity index (χ2n) is 3.96. The molecule has 0 unspecified atom stereocenters. The highest BCUT2D eigenvalue weighted by molar-refractivity contribution is 5.94. The van der Waals surface area contributed by atoms with Gasteiger partial charge in [-0.05, 0) is 24.1 Å². The van der Waals surface area contributed by atoms with Crippen LogP contribution in [0.4, 0.5) is 0 Å². The molecule has 0 bridgehead atoms. The number of hydrogen-bond donors (Lipinski definition) is 0. The molecule has 3 rings (SSSR count). The molecule has 0 aliphatic rings. The number of furan rings is 1. The first-order valence-electron chi connectivity index (χ1n) is 5.38. The Balaban J connectivity index is 2.31. The summed E-state index contributed by atoms with van der Waals surface area (Å²) in [6, 6.07) is 16.5. The maximum absolute atomic E-state index is 5.56. The van der Waals surface area contributed by atoms with E-state index < -0.39 is 0 Å². The van der Waals surface area contributed by atoms with E-state index in [0.29, 0.717) is 0 Å². The van der Waals surface area contributed by atoms with Gasteiger partial charge >= 0.3 is 0 Å². The van der Waals surface area contributed by atoms with Crippen molar-refractivity contribution in [3.63, 3.8) is 0 Å². The Labute approximate surface area is 94.3 Å². The van der Waals surface area contributed by atoms with E-state index in [1.54, 1.807) is 0 Å². The van der Waals surface area contributed by atoms with Gasteiger partial charge in [-0.2, -0.15) is 0 Å². The van der Waals surface area contributed by atoms with Gasteiger partial charge in [0.25, 0.3) is 0 Å². The molecule has 0 aliphatic heterocycles. The Morgan fingerprint density at radius 2 is 1.56 bits per heavy atom. The Bertz CT molecular complexity index is 634. The average molecular weight is 208 g/mol. The van der Waals surface area contributed by atoms with E-state index in [1.807, 2.05) is 24.5 Å².